The molecule has 0 bridgehead atoms. The smallest absolute Gasteiger partial charge is 0.313 e. The van der Waals surface area contributed by atoms with E-state index in [0.717, 1.165) is 37.0 Å². The minimum Gasteiger partial charge on any atom is -0.463 e. The number of fused-ring (bicyclic) bond motifs is 5. The third-order valence-corrected chi connectivity index (χ3v) is 16.3. The Morgan fingerprint density at radius 1 is 0.818 bits per heavy atom. The van der Waals surface area contributed by atoms with E-state index < -0.39 is 10.8 Å². The highest BCUT2D eigenvalue weighted by Crippen LogP contribution is 2.75. The molecule has 9 atom stereocenters. The summed E-state index contributed by atoms with van der Waals surface area (Å²) in [4.78, 5) is 26.6. The van der Waals surface area contributed by atoms with Crippen molar-refractivity contribution in [3.8, 4) is 0 Å². The number of allylic oxidation sites excluding steroid dienone is 1. The van der Waals surface area contributed by atoms with E-state index in [1.165, 1.54) is 51.4 Å². The Kier molecular flexibility index (Phi) is 16.0. The van der Waals surface area contributed by atoms with Crippen LogP contribution >= 0.6 is 0 Å². The summed E-state index contributed by atoms with van der Waals surface area (Å²) < 4.78 is 33.5. The Labute approximate surface area is 336 Å². The van der Waals surface area contributed by atoms with E-state index in [9.17, 15) is 9.59 Å². The zero-order valence-electron chi connectivity index (χ0n) is 37.4. The molecule has 0 spiro atoms. The van der Waals surface area contributed by atoms with Gasteiger partial charge in [-0.25, -0.2) is 0 Å². The lowest BCUT2D eigenvalue weighted by molar-refractivity contribution is -0.178. The van der Waals surface area contributed by atoms with Crippen LogP contribution in [0.3, 0.4) is 0 Å². The predicted molar refractivity (Wildman–Crippen MR) is 219 cm³/mol. The molecule has 0 radical (unpaired) electrons. The van der Waals surface area contributed by atoms with Crippen LogP contribution in [0.5, 0.6) is 0 Å². The van der Waals surface area contributed by atoms with Crippen molar-refractivity contribution in [3.63, 3.8) is 0 Å². The lowest BCUT2D eigenvalue weighted by atomic mass is 9.39. The van der Waals surface area contributed by atoms with Crippen LogP contribution in [0.15, 0.2) is 11.6 Å². The Morgan fingerprint density at radius 3 is 2.15 bits per heavy atom. The van der Waals surface area contributed by atoms with Gasteiger partial charge in [-0.15, -0.1) is 0 Å². The number of ether oxygens (including phenoxy) is 6. The molecule has 318 valence electrons. The first-order valence-corrected chi connectivity index (χ1v) is 22.1. The lowest BCUT2D eigenvalue weighted by Gasteiger charge is -2.66. The Bertz CT molecular complexity index is 1290. The van der Waals surface area contributed by atoms with E-state index in [0.29, 0.717) is 56.0 Å². The molecular formula is C47H82O8. The molecular weight excluding hydrogens is 693 g/mol. The molecule has 8 heteroatoms. The average Bonchev–Trinajstić information content (AvgIpc) is 3.41. The normalized spacial score (nSPS) is 33.5. The summed E-state index contributed by atoms with van der Waals surface area (Å²) in [6.07, 6.45) is 17.2. The Morgan fingerprint density at radius 2 is 1.49 bits per heavy atom. The molecule has 0 N–H and O–H groups in total. The first kappa shape index (κ1) is 46.2. The van der Waals surface area contributed by atoms with Gasteiger partial charge in [-0.05, 0) is 130 Å². The zero-order chi connectivity index (χ0) is 40.7. The summed E-state index contributed by atoms with van der Waals surface area (Å²) in [5.74, 6) is 2.42. The highest BCUT2D eigenvalue weighted by Gasteiger charge is 2.67. The van der Waals surface area contributed by atoms with Crippen molar-refractivity contribution < 1.29 is 38.0 Å². The third kappa shape index (κ3) is 10.0. The van der Waals surface area contributed by atoms with Crippen molar-refractivity contribution in [2.24, 2.45) is 56.2 Å². The SMILES string of the molecule is CCC(C)(CC(C)(C)C(=O)OCOC1CC[C@@]2(C)C(=CC[C@H]3[C@]4(C)CC[C@](C)([C@H](C)CCCC(C)C)[C@H]4CC[C@@]32C)C1)C(=O)OCCOCCOCCOC. The number of carbonyl (C=O) groups is 2. The van der Waals surface area contributed by atoms with Crippen LogP contribution < -0.4 is 0 Å². The summed E-state index contributed by atoms with van der Waals surface area (Å²) >= 11 is 0. The highest BCUT2D eigenvalue weighted by atomic mass is 16.7. The minimum atomic E-state index is -0.888. The number of hydrogen-bond donors (Lipinski definition) is 0. The molecule has 0 aliphatic heterocycles. The van der Waals surface area contributed by atoms with Crippen LogP contribution in [-0.2, 0) is 38.0 Å². The molecule has 0 amide bonds. The molecule has 3 saturated carbocycles. The van der Waals surface area contributed by atoms with E-state index in [4.69, 9.17) is 28.4 Å². The van der Waals surface area contributed by atoms with Crippen LogP contribution in [0, 0.1) is 56.2 Å². The quantitative estimate of drug-likeness (QED) is 0.0465. The van der Waals surface area contributed by atoms with E-state index in [-0.39, 0.29) is 48.9 Å². The second-order valence-electron chi connectivity index (χ2n) is 20.5. The van der Waals surface area contributed by atoms with Gasteiger partial charge >= 0.3 is 11.9 Å². The van der Waals surface area contributed by atoms with Crippen molar-refractivity contribution in [2.75, 3.05) is 53.5 Å². The van der Waals surface area contributed by atoms with E-state index in [1.807, 2.05) is 27.7 Å². The van der Waals surface area contributed by atoms with Gasteiger partial charge in [-0.3, -0.25) is 9.59 Å². The number of esters is 2. The van der Waals surface area contributed by atoms with Gasteiger partial charge in [0.05, 0.1) is 50.0 Å². The summed E-state index contributed by atoms with van der Waals surface area (Å²) in [6.45, 7) is 27.7. The maximum atomic E-state index is 13.4. The van der Waals surface area contributed by atoms with Gasteiger partial charge < -0.3 is 28.4 Å². The maximum Gasteiger partial charge on any atom is 0.313 e. The van der Waals surface area contributed by atoms with Gasteiger partial charge in [0.15, 0.2) is 6.79 Å². The summed E-state index contributed by atoms with van der Waals surface area (Å²) in [6, 6.07) is 0. The van der Waals surface area contributed by atoms with Crippen molar-refractivity contribution in [1.29, 1.82) is 0 Å². The topological polar surface area (TPSA) is 89.5 Å². The maximum absolute atomic E-state index is 13.4. The average molecular weight is 775 g/mol. The molecule has 0 aromatic heterocycles. The molecule has 3 fully saturated rings. The second-order valence-corrected chi connectivity index (χ2v) is 20.5. The van der Waals surface area contributed by atoms with Gasteiger partial charge in [0.2, 0.25) is 0 Å². The van der Waals surface area contributed by atoms with Gasteiger partial charge in [0, 0.05) is 7.11 Å². The molecule has 0 heterocycles. The van der Waals surface area contributed by atoms with Crippen molar-refractivity contribution in [1.82, 2.24) is 0 Å². The van der Waals surface area contributed by atoms with Gasteiger partial charge in [0.25, 0.3) is 0 Å². The first-order valence-electron chi connectivity index (χ1n) is 22.1. The van der Waals surface area contributed by atoms with Gasteiger partial charge in [-0.1, -0.05) is 86.3 Å². The van der Waals surface area contributed by atoms with E-state index in [1.54, 1.807) is 12.7 Å². The van der Waals surface area contributed by atoms with E-state index in [2.05, 4.69) is 54.5 Å². The molecule has 4 aliphatic carbocycles. The highest BCUT2D eigenvalue weighted by molar-refractivity contribution is 5.80. The Balaban J connectivity index is 1.27. The lowest BCUT2D eigenvalue weighted by Crippen LogP contribution is -2.58. The number of hydrogen-bond acceptors (Lipinski definition) is 8. The number of rotatable bonds is 22. The van der Waals surface area contributed by atoms with Gasteiger partial charge in [0.1, 0.15) is 6.61 Å². The van der Waals surface area contributed by atoms with Crippen LogP contribution in [0.4, 0.5) is 0 Å². The molecule has 4 aliphatic rings. The Hall–Kier alpha value is -1.48. The van der Waals surface area contributed by atoms with Crippen LogP contribution in [0.25, 0.3) is 0 Å². The number of carbonyl (C=O) groups excluding carboxylic acids is 2. The molecule has 2 unspecified atom stereocenters. The van der Waals surface area contributed by atoms with E-state index >= 15 is 0 Å². The zero-order valence-corrected chi connectivity index (χ0v) is 37.4. The van der Waals surface area contributed by atoms with Crippen LogP contribution in [0.1, 0.15) is 160 Å². The largest absolute Gasteiger partial charge is 0.463 e. The molecule has 0 aromatic carbocycles. The van der Waals surface area contributed by atoms with Crippen molar-refractivity contribution >= 4 is 11.9 Å². The van der Waals surface area contributed by atoms with Crippen molar-refractivity contribution in [3.05, 3.63) is 11.6 Å². The fraction of sp³-hybridized carbons (Fsp3) is 0.915. The molecule has 0 saturated heterocycles. The monoisotopic (exact) mass is 775 g/mol. The summed E-state index contributed by atoms with van der Waals surface area (Å²) in [5, 5.41) is 0. The van der Waals surface area contributed by atoms with Crippen molar-refractivity contribution in [2.45, 2.75) is 166 Å². The molecule has 0 aromatic rings. The molecule has 55 heavy (non-hydrogen) atoms. The molecule has 4 rings (SSSR count). The fourth-order valence-corrected chi connectivity index (χ4v) is 12.2. The summed E-state index contributed by atoms with van der Waals surface area (Å²) in [7, 11) is 1.63. The number of methoxy groups -OCH3 is 1. The first-order chi connectivity index (χ1) is 25.8. The standard InChI is InChI=1S/C47H82O8/c1-13-43(7,41(49)53-30-29-52-28-27-51-26-25-50-12)32-42(5,6)40(48)55-33-54-37-19-21-46(10)36(31-37)17-18-39-45(9)24-23-44(8,35(4)16-14-15-34(2)3)38(45)20-22-47(39,46)11/h17,34-35,37-39H,13-16,18-33H2,1-12H3/t35-,37?,38-,39+,43?,44-,45-,46+,47+/m1/s1. The molecule has 8 nitrogen and oxygen atoms in total. The fourth-order valence-electron chi connectivity index (χ4n) is 12.2. The van der Waals surface area contributed by atoms with Crippen LogP contribution in [0.2, 0.25) is 0 Å². The third-order valence-electron chi connectivity index (χ3n) is 16.3. The van der Waals surface area contributed by atoms with Crippen LogP contribution in [-0.4, -0.2) is 71.6 Å². The van der Waals surface area contributed by atoms with Gasteiger partial charge in [-0.2, -0.15) is 0 Å². The predicted octanol–water partition coefficient (Wildman–Crippen LogP) is 10.7. The minimum absolute atomic E-state index is 0.0406. The summed E-state index contributed by atoms with van der Waals surface area (Å²) in [5.41, 5.74) is 1.15. The second kappa shape index (κ2) is 19.1.